The highest BCUT2D eigenvalue weighted by molar-refractivity contribution is 7.99. The van der Waals surface area contributed by atoms with Crippen LogP contribution >= 0.6 is 23.4 Å². The maximum absolute atomic E-state index is 12.5. The molecule has 0 saturated heterocycles. The van der Waals surface area contributed by atoms with Crippen LogP contribution in [-0.4, -0.2) is 20.1 Å². The van der Waals surface area contributed by atoms with Gasteiger partial charge in [0.1, 0.15) is 0 Å². The molecule has 3 aromatic carbocycles. The Bertz CT molecular complexity index is 1130. The van der Waals surface area contributed by atoms with Gasteiger partial charge >= 0.3 is 0 Å². The lowest BCUT2D eigenvalue weighted by molar-refractivity contribution is -0.113. The summed E-state index contributed by atoms with van der Waals surface area (Å²) in [5, 5.41) is 3.45. The van der Waals surface area contributed by atoms with E-state index in [0.29, 0.717) is 22.2 Å². The molecule has 0 spiro atoms. The third-order valence-corrected chi connectivity index (χ3v) is 6.91. The zero-order valence-corrected chi connectivity index (χ0v) is 18.7. The molecule has 0 heterocycles. The molecule has 0 aliphatic heterocycles. The Kier molecular flexibility index (Phi) is 7.42. The summed E-state index contributed by atoms with van der Waals surface area (Å²) in [7, 11) is -3.70. The summed E-state index contributed by atoms with van der Waals surface area (Å²) in [6.07, 6.45) is 0. The van der Waals surface area contributed by atoms with Crippen molar-refractivity contribution in [2.75, 3.05) is 15.8 Å². The van der Waals surface area contributed by atoms with Crippen LogP contribution < -0.4 is 10.0 Å². The quantitative estimate of drug-likeness (QED) is 0.477. The normalized spacial score (nSPS) is 11.1. The molecule has 30 heavy (non-hydrogen) atoms. The number of nitrogens with one attached hydrogen (secondary N) is 2. The van der Waals surface area contributed by atoms with Crippen molar-refractivity contribution in [1.82, 2.24) is 0 Å². The minimum Gasteiger partial charge on any atom is -0.325 e. The van der Waals surface area contributed by atoms with Crippen LogP contribution in [0.3, 0.4) is 0 Å². The lowest BCUT2D eigenvalue weighted by Crippen LogP contribution is -2.15. The van der Waals surface area contributed by atoms with Gasteiger partial charge in [0.15, 0.2) is 0 Å². The van der Waals surface area contributed by atoms with Gasteiger partial charge in [-0.05, 0) is 60.5 Å². The fraction of sp³-hybridized carbons (Fsp3) is 0.136. The molecule has 0 unspecified atom stereocenters. The van der Waals surface area contributed by atoms with Crippen molar-refractivity contribution in [2.24, 2.45) is 0 Å². The minimum absolute atomic E-state index is 0.120. The number of thioether (sulfide) groups is 1. The number of carbonyl (C=O) groups is 1. The van der Waals surface area contributed by atoms with Gasteiger partial charge in [-0.1, -0.05) is 41.9 Å². The zero-order valence-electron chi connectivity index (χ0n) is 16.3. The van der Waals surface area contributed by atoms with Crippen LogP contribution in [0.15, 0.2) is 77.7 Å². The molecule has 156 valence electrons. The number of carbonyl (C=O) groups excluding carboxylic acids is 1. The van der Waals surface area contributed by atoms with E-state index in [1.54, 1.807) is 30.3 Å². The van der Waals surface area contributed by atoms with E-state index in [2.05, 4.69) is 10.0 Å². The van der Waals surface area contributed by atoms with Gasteiger partial charge in [0.05, 0.1) is 10.6 Å². The fourth-order valence-electron chi connectivity index (χ4n) is 2.71. The van der Waals surface area contributed by atoms with Crippen molar-refractivity contribution in [3.05, 3.63) is 88.9 Å². The number of anilines is 2. The number of hydrogen-bond donors (Lipinski definition) is 2. The number of benzene rings is 3. The van der Waals surface area contributed by atoms with E-state index in [0.717, 1.165) is 11.1 Å². The molecule has 0 aliphatic rings. The maximum atomic E-state index is 12.5. The summed E-state index contributed by atoms with van der Waals surface area (Å²) < 4.78 is 27.6. The van der Waals surface area contributed by atoms with Gasteiger partial charge in [0.25, 0.3) is 10.0 Å². The number of aryl methyl sites for hydroxylation is 1. The molecule has 5 nitrogen and oxygen atoms in total. The molecule has 3 rings (SSSR count). The summed E-state index contributed by atoms with van der Waals surface area (Å²) in [5.74, 6) is 0.732. The summed E-state index contributed by atoms with van der Waals surface area (Å²) in [5.41, 5.74) is 2.98. The van der Waals surface area contributed by atoms with Gasteiger partial charge < -0.3 is 5.32 Å². The largest absolute Gasteiger partial charge is 0.325 e. The van der Waals surface area contributed by atoms with Crippen LogP contribution in [0.2, 0.25) is 5.02 Å². The minimum atomic E-state index is -3.70. The lowest BCUT2D eigenvalue weighted by Gasteiger charge is -2.10. The van der Waals surface area contributed by atoms with Crippen molar-refractivity contribution in [2.45, 2.75) is 17.6 Å². The van der Waals surface area contributed by atoms with Crippen LogP contribution in [0.1, 0.15) is 11.1 Å². The van der Waals surface area contributed by atoms with Crippen molar-refractivity contribution in [1.29, 1.82) is 0 Å². The molecule has 0 saturated carbocycles. The van der Waals surface area contributed by atoms with Crippen LogP contribution in [0.4, 0.5) is 11.4 Å². The molecule has 3 aromatic rings. The molecule has 0 fully saturated rings. The van der Waals surface area contributed by atoms with Gasteiger partial charge in [0, 0.05) is 22.2 Å². The lowest BCUT2D eigenvalue weighted by atomic mass is 10.2. The highest BCUT2D eigenvalue weighted by Crippen LogP contribution is 2.22. The van der Waals surface area contributed by atoms with Gasteiger partial charge in [0.2, 0.25) is 5.91 Å². The molecule has 0 bridgehead atoms. The zero-order chi connectivity index (χ0) is 21.6. The Morgan fingerprint density at radius 3 is 2.40 bits per heavy atom. The Morgan fingerprint density at radius 1 is 0.967 bits per heavy atom. The first kappa shape index (κ1) is 22.2. The van der Waals surface area contributed by atoms with Crippen molar-refractivity contribution in [3.8, 4) is 0 Å². The second-order valence-corrected chi connectivity index (χ2v) is 9.71. The third kappa shape index (κ3) is 6.26. The highest BCUT2D eigenvalue weighted by atomic mass is 35.5. The number of sulfonamides is 1. The Labute approximate surface area is 185 Å². The Hall–Kier alpha value is -2.48. The first-order chi connectivity index (χ1) is 14.3. The molecule has 0 atom stereocenters. The molecule has 2 N–H and O–H groups in total. The van der Waals surface area contributed by atoms with E-state index in [1.807, 2.05) is 37.3 Å². The second-order valence-electron chi connectivity index (χ2n) is 6.63. The van der Waals surface area contributed by atoms with E-state index in [9.17, 15) is 13.2 Å². The van der Waals surface area contributed by atoms with Crippen molar-refractivity contribution >= 4 is 50.7 Å². The standard InChI is InChI=1S/C22H21ClN2O3S2/c1-16-5-4-7-19(13-16)25-30(27,28)20-11-9-18(10-12-20)24-22(26)15-29-14-17-6-2-3-8-21(17)23/h2-13,25H,14-15H2,1H3,(H,24,26). The molecule has 0 aliphatic carbocycles. The Morgan fingerprint density at radius 2 is 1.70 bits per heavy atom. The van der Waals surface area contributed by atoms with Gasteiger partial charge in [-0.3, -0.25) is 9.52 Å². The third-order valence-electron chi connectivity index (χ3n) is 4.17. The van der Waals surface area contributed by atoms with Gasteiger partial charge in [-0.25, -0.2) is 8.42 Å². The predicted octanol–water partition coefficient (Wildman–Crippen LogP) is 5.32. The summed E-state index contributed by atoms with van der Waals surface area (Å²) >= 11 is 7.57. The molecule has 1 amide bonds. The van der Waals surface area contributed by atoms with Crippen LogP contribution in [0.25, 0.3) is 0 Å². The van der Waals surface area contributed by atoms with E-state index >= 15 is 0 Å². The average molecular weight is 461 g/mol. The van der Waals surface area contributed by atoms with E-state index in [1.165, 1.54) is 23.9 Å². The SMILES string of the molecule is Cc1cccc(NS(=O)(=O)c2ccc(NC(=O)CSCc3ccccc3Cl)cc2)c1. The summed E-state index contributed by atoms with van der Waals surface area (Å²) in [6.45, 7) is 1.89. The number of hydrogen-bond acceptors (Lipinski definition) is 4. The van der Waals surface area contributed by atoms with Crippen molar-refractivity contribution < 1.29 is 13.2 Å². The average Bonchev–Trinajstić information content (AvgIpc) is 2.69. The van der Waals surface area contributed by atoms with E-state index < -0.39 is 10.0 Å². The predicted molar refractivity (Wildman–Crippen MR) is 125 cm³/mol. The van der Waals surface area contributed by atoms with Gasteiger partial charge in [-0.2, -0.15) is 0 Å². The van der Waals surface area contributed by atoms with Crippen LogP contribution in [0, 0.1) is 6.92 Å². The molecule has 0 aromatic heterocycles. The number of rotatable bonds is 8. The van der Waals surface area contributed by atoms with Crippen molar-refractivity contribution in [3.63, 3.8) is 0 Å². The number of amides is 1. The Balaban J connectivity index is 1.54. The monoisotopic (exact) mass is 460 g/mol. The van der Waals surface area contributed by atoms with Gasteiger partial charge in [-0.15, -0.1) is 11.8 Å². The van der Waals surface area contributed by atoms with E-state index in [-0.39, 0.29) is 16.6 Å². The fourth-order valence-corrected chi connectivity index (χ4v) is 4.87. The van der Waals surface area contributed by atoms with Crippen LogP contribution in [0.5, 0.6) is 0 Å². The molecule has 8 heteroatoms. The van der Waals surface area contributed by atoms with E-state index in [4.69, 9.17) is 11.6 Å². The molecule has 0 radical (unpaired) electrons. The molecular formula is C22H21ClN2O3S2. The smallest absolute Gasteiger partial charge is 0.261 e. The topological polar surface area (TPSA) is 75.3 Å². The second kappa shape index (κ2) is 10.0. The summed E-state index contributed by atoms with van der Waals surface area (Å²) in [4.78, 5) is 12.3. The summed E-state index contributed by atoms with van der Waals surface area (Å²) in [6, 6.07) is 20.7. The highest BCUT2D eigenvalue weighted by Gasteiger charge is 2.14. The number of halogens is 1. The first-order valence-corrected chi connectivity index (χ1v) is 12.2. The molecular weight excluding hydrogens is 440 g/mol. The first-order valence-electron chi connectivity index (χ1n) is 9.14. The maximum Gasteiger partial charge on any atom is 0.261 e. The van der Waals surface area contributed by atoms with Crippen LogP contribution in [-0.2, 0) is 20.6 Å².